The monoisotopic (exact) mass is 376 g/mol. The van der Waals surface area contributed by atoms with Gasteiger partial charge in [-0.25, -0.2) is 9.80 Å². The maximum atomic E-state index is 12.7. The zero-order valence-corrected chi connectivity index (χ0v) is 16.4. The third-order valence-electron chi connectivity index (χ3n) is 5.62. The molecule has 2 aromatic carbocycles. The molecule has 0 bridgehead atoms. The van der Waals surface area contributed by atoms with E-state index in [0.717, 1.165) is 34.5 Å². The van der Waals surface area contributed by atoms with E-state index in [1.807, 2.05) is 63.5 Å². The summed E-state index contributed by atoms with van der Waals surface area (Å²) < 4.78 is 0. The molecule has 0 N–H and O–H groups in total. The van der Waals surface area contributed by atoms with Crippen LogP contribution >= 0.6 is 0 Å². The number of fused-ring (bicyclic) bond motifs is 1. The molecule has 144 valence electrons. The minimum absolute atomic E-state index is 0.108. The molecular formula is C22H24N4O2. The van der Waals surface area contributed by atoms with Gasteiger partial charge in [0.2, 0.25) is 5.91 Å². The van der Waals surface area contributed by atoms with Crippen molar-refractivity contribution in [3.8, 4) is 0 Å². The molecule has 6 nitrogen and oxygen atoms in total. The first-order valence-electron chi connectivity index (χ1n) is 9.52. The number of hydrogen-bond donors (Lipinski definition) is 0. The van der Waals surface area contributed by atoms with Crippen LogP contribution in [-0.4, -0.2) is 47.7 Å². The summed E-state index contributed by atoms with van der Waals surface area (Å²) in [7, 11) is 3.62. The average molecular weight is 376 g/mol. The predicted octanol–water partition coefficient (Wildman–Crippen LogP) is 3.26. The summed E-state index contributed by atoms with van der Waals surface area (Å²) in [5, 5.41) is 6.25. The number of carbonyl (C=O) groups excluding carboxylic acids is 2. The van der Waals surface area contributed by atoms with E-state index in [0.29, 0.717) is 13.0 Å². The molecule has 1 atom stereocenters. The van der Waals surface area contributed by atoms with Crippen molar-refractivity contribution in [2.24, 2.45) is 5.10 Å². The second-order valence-electron chi connectivity index (χ2n) is 7.39. The molecular weight excluding hydrogens is 352 g/mol. The van der Waals surface area contributed by atoms with Gasteiger partial charge in [-0.15, -0.1) is 0 Å². The zero-order chi connectivity index (χ0) is 19.8. The number of likely N-dealkylation sites (N-methyl/N-ethyl adjacent to an activating group) is 1. The Morgan fingerprint density at radius 1 is 1.04 bits per heavy atom. The minimum Gasteiger partial charge on any atom is -0.318 e. The first kappa shape index (κ1) is 18.2. The van der Waals surface area contributed by atoms with Crippen LogP contribution < -0.4 is 4.90 Å². The number of aryl methyl sites for hydroxylation is 1. The van der Waals surface area contributed by atoms with Gasteiger partial charge in [-0.2, -0.15) is 5.10 Å². The molecule has 2 aliphatic rings. The number of anilines is 1. The van der Waals surface area contributed by atoms with Crippen LogP contribution in [0.2, 0.25) is 0 Å². The van der Waals surface area contributed by atoms with Gasteiger partial charge in [0.25, 0.3) is 0 Å². The summed E-state index contributed by atoms with van der Waals surface area (Å²) in [5.41, 5.74) is 4.98. The summed E-state index contributed by atoms with van der Waals surface area (Å²) in [5.74, 6) is 0.142. The van der Waals surface area contributed by atoms with E-state index in [1.165, 1.54) is 5.01 Å². The smallest absolute Gasteiger partial charge is 0.318 e. The molecule has 2 aliphatic heterocycles. The lowest BCUT2D eigenvalue weighted by atomic mass is 9.95. The lowest BCUT2D eigenvalue weighted by Crippen LogP contribution is -2.51. The lowest BCUT2D eigenvalue weighted by Gasteiger charge is -2.36. The third kappa shape index (κ3) is 3.15. The average Bonchev–Trinajstić information content (AvgIpc) is 2.72. The largest absolute Gasteiger partial charge is 0.341 e. The summed E-state index contributed by atoms with van der Waals surface area (Å²) >= 11 is 0. The highest BCUT2D eigenvalue weighted by Gasteiger charge is 2.32. The molecule has 0 fully saturated rings. The Balaban J connectivity index is 1.70. The van der Waals surface area contributed by atoms with Gasteiger partial charge in [-0.05, 0) is 36.6 Å². The Hall–Kier alpha value is -3.15. The molecule has 0 aliphatic carbocycles. The number of nitrogens with zero attached hydrogens (tertiary/aromatic N) is 4. The van der Waals surface area contributed by atoms with E-state index in [9.17, 15) is 9.59 Å². The number of amides is 3. The van der Waals surface area contributed by atoms with Gasteiger partial charge in [0.05, 0.1) is 18.3 Å². The molecule has 0 radical (unpaired) electrons. The summed E-state index contributed by atoms with van der Waals surface area (Å²) in [6.07, 6.45) is 1.25. The standard InChI is InChI=1S/C22H24N4O2/c1-15-21(18-9-11-19-17(13-18)10-12-20(27)25(19)3)23-26(22(28)24(15)2)14-16-7-5-4-6-8-16/h4-9,11,13,15H,10,12,14H2,1-3H3. The Labute approximate surface area is 165 Å². The van der Waals surface area contributed by atoms with Crippen molar-refractivity contribution in [3.63, 3.8) is 0 Å². The SMILES string of the molecule is CC1C(c2ccc3c(c2)CCC(=O)N3C)=NN(Cc2ccccc2)C(=O)N1C. The maximum Gasteiger partial charge on any atom is 0.341 e. The number of hydrazone groups is 1. The fraction of sp³-hybridized carbons (Fsp3) is 0.318. The molecule has 0 aromatic heterocycles. The van der Waals surface area contributed by atoms with Crippen molar-refractivity contribution < 1.29 is 9.59 Å². The number of rotatable bonds is 3. The van der Waals surface area contributed by atoms with Gasteiger partial charge >= 0.3 is 6.03 Å². The van der Waals surface area contributed by atoms with E-state index in [2.05, 4.69) is 6.07 Å². The van der Waals surface area contributed by atoms with Crippen LogP contribution in [0.3, 0.4) is 0 Å². The maximum absolute atomic E-state index is 12.7. The first-order chi connectivity index (χ1) is 13.5. The molecule has 4 rings (SSSR count). The Morgan fingerprint density at radius 2 is 1.79 bits per heavy atom. The van der Waals surface area contributed by atoms with E-state index in [4.69, 9.17) is 5.10 Å². The number of urea groups is 1. The number of hydrogen-bond acceptors (Lipinski definition) is 3. The molecule has 1 unspecified atom stereocenters. The van der Waals surface area contributed by atoms with E-state index in [-0.39, 0.29) is 18.0 Å². The molecule has 2 aromatic rings. The van der Waals surface area contributed by atoms with Crippen LogP contribution in [0.5, 0.6) is 0 Å². The second kappa shape index (κ2) is 7.11. The van der Waals surface area contributed by atoms with Crippen LogP contribution in [0.4, 0.5) is 10.5 Å². The van der Waals surface area contributed by atoms with Gasteiger partial charge in [0.1, 0.15) is 0 Å². The highest BCUT2D eigenvalue weighted by atomic mass is 16.2. The van der Waals surface area contributed by atoms with E-state index in [1.54, 1.807) is 9.80 Å². The highest BCUT2D eigenvalue weighted by molar-refractivity contribution is 6.08. The predicted molar refractivity (Wildman–Crippen MR) is 109 cm³/mol. The summed E-state index contributed by atoms with van der Waals surface area (Å²) in [4.78, 5) is 28.1. The Morgan fingerprint density at radius 3 is 2.54 bits per heavy atom. The van der Waals surface area contributed by atoms with Gasteiger partial charge < -0.3 is 9.80 Å². The third-order valence-corrected chi connectivity index (χ3v) is 5.62. The first-order valence-corrected chi connectivity index (χ1v) is 9.52. The van der Waals surface area contributed by atoms with Crippen LogP contribution in [0, 0.1) is 0 Å². The highest BCUT2D eigenvalue weighted by Crippen LogP contribution is 2.29. The molecule has 0 saturated carbocycles. The van der Waals surface area contributed by atoms with Crippen LogP contribution in [-0.2, 0) is 17.8 Å². The molecule has 28 heavy (non-hydrogen) atoms. The zero-order valence-electron chi connectivity index (χ0n) is 16.4. The fourth-order valence-corrected chi connectivity index (χ4v) is 3.76. The second-order valence-corrected chi connectivity index (χ2v) is 7.39. The Kier molecular flexibility index (Phi) is 4.63. The lowest BCUT2D eigenvalue weighted by molar-refractivity contribution is -0.118. The van der Waals surface area contributed by atoms with Crippen LogP contribution in [0.1, 0.15) is 30.0 Å². The van der Waals surface area contributed by atoms with E-state index >= 15 is 0 Å². The molecule has 2 heterocycles. The van der Waals surface area contributed by atoms with Crippen molar-refractivity contribution >= 4 is 23.3 Å². The molecule has 0 saturated heterocycles. The number of carbonyl (C=O) groups is 2. The van der Waals surface area contributed by atoms with Crippen molar-refractivity contribution in [1.82, 2.24) is 9.91 Å². The Bertz CT molecular complexity index is 954. The molecule has 3 amide bonds. The van der Waals surface area contributed by atoms with Crippen molar-refractivity contribution in [2.75, 3.05) is 19.0 Å². The van der Waals surface area contributed by atoms with Crippen molar-refractivity contribution in [3.05, 3.63) is 65.2 Å². The van der Waals surface area contributed by atoms with Crippen molar-refractivity contribution in [1.29, 1.82) is 0 Å². The fourth-order valence-electron chi connectivity index (χ4n) is 3.76. The van der Waals surface area contributed by atoms with Gasteiger partial charge in [0, 0.05) is 31.8 Å². The van der Waals surface area contributed by atoms with Gasteiger partial charge in [-0.3, -0.25) is 4.79 Å². The normalized spacial score (nSPS) is 19.6. The molecule has 6 heteroatoms. The minimum atomic E-state index is -0.125. The topological polar surface area (TPSA) is 56.2 Å². The van der Waals surface area contributed by atoms with Crippen molar-refractivity contribution in [2.45, 2.75) is 32.4 Å². The van der Waals surface area contributed by atoms with Gasteiger partial charge in [0.15, 0.2) is 0 Å². The number of benzene rings is 2. The summed E-state index contributed by atoms with van der Waals surface area (Å²) in [6, 6.07) is 15.7. The quantitative estimate of drug-likeness (QED) is 0.826. The summed E-state index contributed by atoms with van der Waals surface area (Å²) in [6.45, 7) is 2.42. The van der Waals surface area contributed by atoms with Gasteiger partial charge in [-0.1, -0.05) is 36.4 Å². The molecule has 0 spiro atoms. The van der Waals surface area contributed by atoms with E-state index < -0.39 is 0 Å². The van der Waals surface area contributed by atoms with Crippen LogP contribution in [0.25, 0.3) is 0 Å². The van der Waals surface area contributed by atoms with Crippen LogP contribution in [0.15, 0.2) is 53.6 Å².